The van der Waals surface area contributed by atoms with Crippen LogP contribution in [0, 0.1) is 0 Å². The van der Waals surface area contributed by atoms with E-state index in [1.807, 2.05) is 0 Å². The minimum absolute atomic E-state index is 0.238. The van der Waals surface area contributed by atoms with Crippen LogP contribution in [0.15, 0.2) is 28.7 Å². The Balaban J connectivity index is 1.66. The highest BCUT2D eigenvalue weighted by molar-refractivity contribution is 9.10. The molecule has 2 unspecified atom stereocenters. The van der Waals surface area contributed by atoms with Crippen LogP contribution in [0.25, 0.3) is 0 Å². The number of hydrogen-bond donors (Lipinski definition) is 1. The van der Waals surface area contributed by atoms with Crippen LogP contribution in [-0.4, -0.2) is 54.6 Å². The number of nitrogens with zero attached hydrogens (tertiary/aromatic N) is 2. The first-order valence-corrected chi connectivity index (χ1v) is 7.48. The fraction of sp³-hybridized carbons (Fsp3) is 0.571. The van der Waals surface area contributed by atoms with E-state index < -0.39 is 0 Å². The molecule has 4 heteroatoms. The first-order valence-electron chi connectivity index (χ1n) is 6.69. The maximum atomic E-state index is 6.43. The van der Waals surface area contributed by atoms with Crippen molar-refractivity contribution in [2.75, 3.05) is 32.7 Å². The Kier molecular flexibility index (Phi) is 3.71. The number of halogens is 1. The Bertz CT molecular complexity index is 415. The van der Waals surface area contributed by atoms with E-state index in [1.165, 1.54) is 31.7 Å². The van der Waals surface area contributed by atoms with Crippen molar-refractivity contribution >= 4 is 15.9 Å². The van der Waals surface area contributed by atoms with Gasteiger partial charge in [-0.15, -0.1) is 0 Å². The zero-order valence-corrected chi connectivity index (χ0v) is 12.1. The molecule has 2 atom stereocenters. The summed E-state index contributed by atoms with van der Waals surface area (Å²) in [6.45, 7) is 5.98. The second kappa shape index (κ2) is 5.29. The molecule has 3 aliphatic heterocycles. The van der Waals surface area contributed by atoms with Gasteiger partial charge in [-0.1, -0.05) is 28.1 Å². The fourth-order valence-electron chi connectivity index (χ4n) is 3.14. The third kappa shape index (κ3) is 2.62. The third-order valence-electron chi connectivity index (χ3n) is 4.18. The van der Waals surface area contributed by atoms with E-state index >= 15 is 0 Å². The zero-order valence-electron chi connectivity index (χ0n) is 10.6. The summed E-state index contributed by atoms with van der Waals surface area (Å²) in [6.07, 6.45) is 0.967. The molecule has 4 rings (SSSR count). The predicted octanol–water partition coefficient (Wildman–Crippen LogP) is 1.32. The van der Waals surface area contributed by atoms with Gasteiger partial charge in [-0.25, -0.2) is 0 Å². The third-order valence-corrected chi connectivity index (χ3v) is 4.67. The molecule has 3 nitrogen and oxygen atoms in total. The first-order chi connectivity index (χ1) is 8.72. The molecule has 1 aromatic carbocycles. The molecule has 3 aliphatic rings. The summed E-state index contributed by atoms with van der Waals surface area (Å²) in [7, 11) is 0. The second-order valence-electron chi connectivity index (χ2n) is 5.40. The first kappa shape index (κ1) is 12.6. The van der Waals surface area contributed by atoms with Crippen LogP contribution >= 0.6 is 15.9 Å². The van der Waals surface area contributed by atoms with Crippen molar-refractivity contribution in [1.29, 1.82) is 0 Å². The number of hydrogen-bond acceptors (Lipinski definition) is 3. The van der Waals surface area contributed by atoms with Crippen LogP contribution in [0.2, 0.25) is 0 Å². The minimum Gasteiger partial charge on any atom is -0.326 e. The standard InChI is InChI=1S/C14H20BrN3/c15-12-3-1-2-11(8-12)9-13(16)14-10-17-4-6-18(14)7-5-17/h1-3,8,13-14H,4-7,9-10,16H2. The van der Waals surface area contributed by atoms with Gasteiger partial charge < -0.3 is 5.73 Å². The van der Waals surface area contributed by atoms with Crippen LogP contribution in [0.3, 0.4) is 0 Å². The van der Waals surface area contributed by atoms with Crippen molar-refractivity contribution in [2.24, 2.45) is 5.73 Å². The van der Waals surface area contributed by atoms with E-state index in [2.05, 4.69) is 50.0 Å². The maximum absolute atomic E-state index is 6.43. The molecule has 18 heavy (non-hydrogen) atoms. The fourth-order valence-corrected chi connectivity index (χ4v) is 3.58. The predicted molar refractivity (Wildman–Crippen MR) is 77.6 cm³/mol. The zero-order chi connectivity index (χ0) is 12.5. The molecule has 0 aliphatic carbocycles. The molecular formula is C14H20BrN3. The molecule has 0 spiro atoms. The van der Waals surface area contributed by atoms with Gasteiger partial charge in [0.2, 0.25) is 0 Å². The normalized spacial score (nSPS) is 32.4. The van der Waals surface area contributed by atoms with E-state index in [0.29, 0.717) is 6.04 Å². The van der Waals surface area contributed by atoms with Gasteiger partial charge in [0.15, 0.2) is 0 Å². The number of piperazine rings is 3. The van der Waals surface area contributed by atoms with Crippen molar-refractivity contribution in [1.82, 2.24) is 9.80 Å². The maximum Gasteiger partial charge on any atom is 0.0378 e. The lowest BCUT2D eigenvalue weighted by Gasteiger charge is -2.49. The van der Waals surface area contributed by atoms with E-state index in [9.17, 15) is 0 Å². The van der Waals surface area contributed by atoms with Crippen molar-refractivity contribution < 1.29 is 0 Å². The molecule has 3 saturated heterocycles. The summed E-state index contributed by atoms with van der Waals surface area (Å²) in [5, 5.41) is 0. The van der Waals surface area contributed by atoms with Crippen LogP contribution in [0.1, 0.15) is 5.56 Å². The Morgan fingerprint density at radius 3 is 2.67 bits per heavy atom. The van der Waals surface area contributed by atoms with Crippen LogP contribution in [0.4, 0.5) is 0 Å². The van der Waals surface area contributed by atoms with Crippen molar-refractivity contribution in [3.8, 4) is 0 Å². The molecule has 2 bridgehead atoms. The van der Waals surface area contributed by atoms with Crippen LogP contribution in [-0.2, 0) is 6.42 Å². The second-order valence-corrected chi connectivity index (χ2v) is 6.32. The molecule has 98 valence electrons. The Hall–Kier alpha value is -0.420. The average Bonchev–Trinajstić information content (AvgIpc) is 2.40. The monoisotopic (exact) mass is 309 g/mol. The molecule has 1 aromatic rings. The Labute approximate surface area is 117 Å². The van der Waals surface area contributed by atoms with Gasteiger partial charge in [-0.2, -0.15) is 0 Å². The van der Waals surface area contributed by atoms with E-state index in [0.717, 1.165) is 17.4 Å². The summed E-state index contributed by atoms with van der Waals surface area (Å²) in [6, 6.07) is 9.27. The average molecular weight is 310 g/mol. The number of fused-ring (bicyclic) bond motifs is 3. The quantitative estimate of drug-likeness (QED) is 0.914. The van der Waals surface area contributed by atoms with Crippen molar-refractivity contribution in [3.63, 3.8) is 0 Å². The van der Waals surface area contributed by atoms with Crippen molar-refractivity contribution in [3.05, 3.63) is 34.3 Å². The van der Waals surface area contributed by atoms with Gasteiger partial charge in [-0.3, -0.25) is 9.80 Å². The van der Waals surface area contributed by atoms with Gasteiger partial charge >= 0.3 is 0 Å². The summed E-state index contributed by atoms with van der Waals surface area (Å²) < 4.78 is 1.14. The van der Waals surface area contributed by atoms with E-state index in [1.54, 1.807) is 0 Å². The van der Waals surface area contributed by atoms with Crippen LogP contribution in [0.5, 0.6) is 0 Å². The lowest BCUT2D eigenvalue weighted by atomic mass is 9.95. The molecule has 0 amide bonds. The summed E-state index contributed by atoms with van der Waals surface area (Å²) >= 11 is 3.52. The Morgan fingerprint density at radius 1 is 1.28 bits per heavy atom. The Morgan fingerprint density at radius 2 is 2.06 bits per heavy atom. The van der Waals surface area contributed by atoms with Crippen molar-refractivity contribution in [2.45, 2.75) is 18.5 Å². The van der Waals surface area contributed by atoms with E-state index in [4.69, 9.17) is 5.73 Å². The van der Waals surface area contributed by atoms with Gasteiger partial charge in [0.05, 0.1) is 0 Å². The largest absolute Gasteiger partial charge is 0.326 e. The van der Waals surface area contributed by atoms with Gasteiger partial charge in [0, 0.05) is 49.3 Å². The number of rotatable bonds is 3. The van der Waals surface area contributed by atoms with Gasteiger partial charge in [-0.05, 0) is 24.1 Å². The van der Waals surface area contributed by atoms with Gasteiger partial charge in [0.25, 0.3) is 0 Å². The highest BCUT2D eigenvalue weighted by atomic mass is 79.9. The number of nitrogens with two attached hydrogens (primary N) is 1. The lowest BCUT2D eigenvalue weighted by molar-refractivity contribution is 0.00258. The molecule has 2 N–H and O–H groups in total. The summed E-state index contributed by atoms with van der Waals surface area (Å²) in [4.78, 5) is 5.12. The molecule has 0 saturated carbocycles. The number of benzene rings is 1. The molecule has 3 heterocycles. The van der Waals surface area contributed by atoms with Gasteiger partial charge in [0.1, 0.15) is 0 Å². The molecular weight excluding hydrogens is 290 g/mol. The highest BCUT2D eigenvalue weighted by Crippen LogP contribution is 2.20. The smallest absolute Gasteiger partial charge is 0.0378 e. The highest BCUT2D eigenvalue weighted by Gasteiger charge is 2.35. The molecule has 3 fully saturated rings. The summed E-state index contributed by atoms with van der Waals surface area (Å²) in [5.41, 5.74) is 7.76. The van der Waals surface area contributed by atoms with Crippen LogP contribution < -0.4 is 5.73 Å². The SMILES string of the molecule is NC(Cc1cccc(Br)c1)C1CN2CCN1CC2. The van der Waals surface area contributed by atoms with E-state index in [-0.39, 0.29) is 6.04 Å². The minimum atomic E-state index is 0.238. The molecule has 0 radical (unpaired) electrons. The molecule has 0 aromatic heterocycles. The topological polar surface area (TPSA) is 32.5 Å². The summed E-state index contributed by atoms with van der Waals surface area (Å²) in [5.74, 6) is 0. The lowest BCUT2D eigenvalue weighted by Crippen LogP contribution is -2.66.